The summed E-state index contributed by atoms with van der Waals surface area (Å²) in [6.07, 6.45) is 4.88. The fraction of sp³-hybridized carbons (Fsp3) is 0.226. The Morgan fingerprint density at radius 2 is 1.12 bits per heavy atom. The Hall–Kier alpha value is 3.91. The summed E-state index contributed by atoms with van der Waals surface area (Å²) >= 11 is 99.3. The molecule has 0 radical (unpaired) electrons. The molecule has 0 spiro atoms. The highest BCUT2D eigenvalue weighted by atomic mass is 79.9. The molecule has 5 rings (SSSR count). The van der Waals surface area contributed by atoms with Gasteiger partial charge in [-0.3, -0.25) is 0 Å². The van der Waals surface area contributed by atoms with E-state index in [0.29, 0.717) is 25.7 Å². The lowest BCUT2D eigenvalue weighted by Gasteiger charge is -2.09. The van der Waals surface area contributed by atoms with Crippen LogP contribution in [0.5, 0.6) is 0 Å². The zero-order chi connectivity index (χ0) is 44.3. The molecule has 0 fully saturated rings. The molecule has 2 aromatic heterocycles. The highest BCUT2D eigenvalue weighted by Crippen LogP contribution is 2.43. The molecule has 0 saturated carbocycles. The Labute approximate surface area is 459 Å². The van der Waals surface area contributed by atoms with E-state index in [1.807, 2.05) is 53.9 Å². The van der Waals surface area contributed by atoms with Gasteiger partial charge in [0, 0.05) is 44.0 Å². The minimum atomic E-state index is -1.28. The first-order valence-electron chi connectivity index (χ1n) is 14.3. The van der Waals surface area contributed by atoms with Gasteiger partial charge in [-0.05, 0) is 78.3 Å². The molecule has 0 aliphatic rings. The van der Waals surface area contributed by atoms with E-state index < -0.39 is 26.5 Å². The number of oxazole rings is 1. The second kappa shape index (κ2) is 37.0. The number of rotatable bonds is 10. The number of hydrogen-bond acceptors (Lipinski definition) is 9. The van der Waals surface area contributed by atoms with Crippen molar-refractivity contribution in [2.24, 2.45) is 0 Å². The van der Waals surface area contributed by atoms with Gasteiger partial charge in [0.05, 0.1) is 22.8 Å². The maximum atomic E-state index is 5.75. The van der Waals surface area contributed by atoms with Gasteiger partial charge >= 0.3 is 0 Å². The van der Waals surface area contributed by atoms with Crippen molar-refractivity contribution in [1.29, 1.82) is 0 Å². The van der Waals surface area contributed by atoms with E-state index in [2.05, 4.69) is 53.8 Å². The first-order chi connectivity index (χ1) is 27.1. The van der Waals surface area contributed by atoms with Crippen LogP contribution in [0.25, 0.3) is 0 Å². The van der Waals surface area contributed by atoms with E-state index in [-0.39, 0.29) is 4.17 Å². The molecule has 326 valence electrons. The summed E-state index contributed by atoms with van der Waals surface area (Å²) in [5.41, 5.74) is 0. The van der Waals surface area contributed by atoms with E-state index in [1.165, 1.54) is 64.8 Å². The quantitative estimate of drug-likeness (QED) is 0.0820. The van der Waals surface area contributed by atoms with Crippen molar-refractivity contribution in [3.05, 3.63) is 110 Å². The Balaban J connectivity index is 0.000000686. The Kier molecular flexibility index (Phi) is 39.5. The lowest BCUT2D eigenvalue weighted by molar-refractivity contribution is 0.452. The number of benzene rings is 3. The maximum Gasteiger partial charge on any atom is 0.241 e. The van der Waals surface area contributed by atoms with Gasteiger partial charge in [0.15, 0.2) is 12.5 Å². The molecular weight excluding hydrogens is 1330 g/mol. The largest absolute Gasteiger partial charge is 0.441 e. The summed E-state index contributed by atoms with van der Waals surface area (Å²) in [6.45, 7) is 0. The summed E-state index contributed by atoms with van der Waals surface area (Å²) < 4.78 is 7.88. The topological polar surface area (TPSA) is 38.9 Å². The lowest BCUT2D eigenvalue weighted by Crippen LogP contribution is -1.92. The van der Waals surface area contributed by atoms with Crippen molar-refractivity contribution < 1.29 is 4.42 Å². The van der Waals surface area contributed by atoms with Crippen LogP contribution in [0.2, 0.25) is 10.0 Å². The van der Waals surface area contributed by atoms with Gasteiger partial charge in [0.2, 0.25) is 8.35 Å². The number of halogens is 17. The van der Waals surface area contributed by atoms with Crippen molar-refractivity contribution in [2.75, 3.05) is 10.4 Å². The van der Waals surface area contributed by atoms with Crippen molar-refractivity contribution >= 4 is 288 Å². The predicted molar refractivity (Wildman–Crippen MR) is 287 cm³/mol. The van der Waals surface area contributed by atoms with Crippen LogP contribution in [0, 0.1) is 0 Å². The number of nitrogens with zero attached hydrogens (tertiary/aromatic N) is 2. The van der Waals surface area contributed by atoms with Crippen LogP contribution in [0.4, 0.5) is 0 Å². The normalized spacial score (nSPS) is 10.9. The standard InChI is InChI=1S/C7H4BrCl3S.C7H5BrCl2S.C7H4Cl4S.C5H7Cl2NOS.C4H3Cl2NS2.CH2Cl2S/c8-5-1-3-6(4-2-5)12-7(9,10)11;8-5-1-3-6(4-2-5)11-7(9)10;8-4-1-5(9)3-6(2-4)12-7(10)11;6-3-10(4-7)5-8-1-2-9-5;5-4(6)9-3-1-7-8-2-3;2-1(3)4/h1-4H;1-4,7H;1-3,7H;1-2,10H,3-4H2;1-2,4H;1,4H. The zero-order valence-corrected chi connectivity index (χ0v) is 48.4. The first-order valence-corrected chi connectivity index (χ1v) is 28.9. The van der Waals surface area contributed by atoms with Gasteiger partial charge in [-0.1, -0.05) is 230 Å². The number of thioether (sulfide) groups is 4. The summed E-state index contributed by atoms with van der Waals surface area (Å²) in [7, 11) is -0.561. The summed E-state index contributed by atoms with van der Waals surface area (Å²) in [4.78, 5) is 7.84. The van der Waals surface area contributed by atoms with Gasteiger partial charge in [0.1, 0.15) is 10.4 Å². The highest BCUT2D eigenvalue weighted by molar-refractivity contribution is 9.10. The second-order valence-corrected chi connectivity index (χ2v) is 30.5. The average molecular weight is 1360 g/mol. The van der Waals surface area contributed by atoms with Crippen LogP contribution in [0.1, 0.15) is 0 Å². The smallest absolute Gasteiger partial charge is 0.241 e. The third kappa shape index (κ3) is 37.1. The summed E-state index contributed by atoms with van der Waals surface area (Å²) in [5, 5.41) is 4.78. The van der Waals surface area contributed by atoms with E-state index in [0.717, 1.165) is 28.5 Å². The predicted octanol–water partition coefficient (Wildman–Crippen LogP) is 21.1. The third-order valence-corrected chi connectivity index (χ3v) is 15.2. The van der Waals surface area contributed by atoms with Crippen LogP contribution in [-0.2, 0) is 0 Å². The maximum absolute atomic E-state index is 5.75. The monoisotopic (exact) mass is 1350 g/mol. The van der Waals surface area contributed by atoms with E-state index in [9.17, 15) is 0 Å². The fourth-order valence-electron chi connectivity index (χ4n) is 2.81. The first kappa shape index (κ1) is 61.9. The Morgan fingerprint density at radius 3 is 1.48 bits per heavy atom. The van der Waals surface area contributed by atoms with Crippen molar-refractivity contribution in [3.63, 3.8) is 0 Å². The molecule has 0 saturated heterocycles. The van der Waals surface area contributed by atoms with Gasteiger partial charge < -0.3 is 4.42 Å². The molecular formula is C31H25Br2Cl15N2OS7. The van der Waals surface area contributed by atoms with E-state index >= 15 is 0 Å². The Bertz CT molecular complexity index is 1710. The van der Waals surface area contributed by atoms with E-state index in [4.69, 9.17) is 178 Å². The van der Waals surface area contributed by atoms with Crippen LogP contribution in [-0.4, -0.2) is 39.6 Å². The lowest BCUT2D eigenvalue weighted by atomic mass is 10.4. The molecule has 0 aliphatic heterocycles. The molecule has 3 nitrogen and oxygen atoms in total. The van der Waals surface area contributed by atoms with Crippen LogP contribution >= 0.6 is 288 Å². The summed E-state index contributed by atoms with van der Waals surface area (Å²) in [5.74, 6) is 0. The minimum absolute atomic E-state index is 0.388. The molecule has 58 heavy (non-hydrogen) atoms. The van der Waals surface area contributed by atoms with Gasteiger partial charge in [-0.25, -0.2) is 4.98 Å². The van der Waals surface area contributed by atoms with Gasteiger partial charge in [-0.2, -0.15) is 4.37 Å². The molecule has 0 bridgehead atoms. The van der Waals surface area contributed by atoms with Crippen molar-refractivity contribution in [2.45, 2.75) is 44.6 Å². The zero-order valence-electron chi connectivity index (χ0n) is 28.0. The van der Waals surface area contributed by atoms with Crippen molar-refractivity contribution in [1.82, 2.24) is 9.36 Å². The molecule has 0 atom stereocenters. The fourth-order valence-corrected chi connectivity index (χ4v) is 11.5. The molecule has 3 aromatic carbocycles. The minimum Gasteiger partial charge on any atom is -0.441 e. The van der Waals surface area contributed by atoms with Crippen LogP contribution in [0.3, 0.4) is 0 Å². The van der Waals surface area contributed by atoms with Gasteiger partial charge in [0.25, 0.3) is 0 Å². The molecule has 0 amide bonds. The SMILES string of the molecule is ClC(Cl)(Cl)Sc1ccc(Br)cc1.ClC(Cl)Sc1ccc(Br)cc1.ClC(Cl)Sc1cnsc1.ClC[SH](CCl)c1ncco1.Clc1cc(Cl)cc(SC(Cl)Cl)c1.SC(Cl)Cl. The molecule has 5 aromatic rings. The number of aromatic nitrogens is 2. The average Bonchev–Trinajstić information content (AvgIpc) is 3.82. The molecule has 2 heterocycles. The number of alkyl halides is 13. The molecule has 0 aliphatic carbocycles. The van der Waals surface area contributed by atoms with Crippen molar-refractivity contribution in [3.8, 4) is 0 Å². The molecule has 27 heteroatoms. The van der Waals surface area contributed by atoms with Gasteiger partial charge in [-0.15, -0.1) is 46.7 Å². The number of thiol groups is 2. The van der Waals surface area contributed by atoms with Crippen LogP contribution in [0.15, 0.2) is 129 Å². The highest BCUT2D eigenvalue weighted by Gasteiger charge is 2.20. The second-order valence-electron chi connectivity index (χ2n) is 8.93. The Morgan fingerprint density at radius 1 is 0.690 bits per heavy atom. The number of hydrogen-bond donors (Lipinski definition) is 2. The molecule has 0 unspecified atom stereocenters. The molecule has 0 N–H and O–H groups in total. The summed E-state index contributed by atoms with van der Waals surface area (Å²) in [6, 6.07) is 20.6. The van der Waals surface area contributed by atoms with Crippen LogP contribution < -0.4 is 0 Å². The third-order valence-electron chi connectivity index (χ3n) is 4.76. The van der Waals surface area contributed by atoms with E-state index in [1.54, 1.807) is 30.6 Å².